The predicted molar refractivity (Wildman–Crippen MR) is 149 cm³/mol. The topological polar surface area (TPSA) is 101 Å². The molecular weight excluding hydrogens is 498 g/mol. The van der Waals surface area contributed by atoms with Gasteiger partial charge in [0.2, 0.25) is 18.4 Å². The molecule has 0 bridgehead atoms. The molecule has 212 valence electrons. The van der Waals surface area contributed by atoms with Gasteiger partial charge in [-0.05, 0) is 48.6 Å². The summed E-state index contributed by atoms with van der Waals surface area (Å²) in [6.45, 7) is 7.69. The number of likely N-dealkylation sites (tertiary alicyclic amines) is 1. The summed E-state index contributed by atoms with van der Waals surface area (Å²) in [4.78, 5) is 34.7. The van der Waals surface area contributed by atoms with Crippen LogP contribution in [0.2, 0.25) is 0 Å². The molecule has 2 aliphatic rings. The number of rotatable bonds is 13. The summed E-state index contributed by atoms with van der Waals surface area (Å²) >= 11 is 0. The minimum Gasteiger partial charge on any atom is -0.493 e. The van der Waals surface area contributed by atoms with Crippen LogP contribution in [0.25, 0.3) is 0 Å². The lowest BCUT2D eigenvalue weighted by Gasteiger charge is -2.31. The van der Waals surface area contributed by atoms with E-state index in [0.29, 0.717) is 42.7 Å². The van der Waals surface area contributed by atoms with Crippen LogP contribution in [0.3, 0.4) is 0 Å². The molecule has 1 fully saturated rings. The molecule has 2 aromatic rings. The van der Waals surface area contributed by atoms with E-state index in [0.717, 1.165) is 36.9 Å². The van der Waals surface area contributed by atoms with Crippen molar-refractivity contribution < 1.29 is 28.9 Å². The molecule has 39 heavy (non-hydrogen) atoms. The van der Waals surface area contributed by atoms with Crippen LogP contribution in [-0.4, -0.2) is 66.4 Å². The van der Waals surface area contributed by atoms with Crippen LogP contribution in [0, 0.1) is 11.8 Å². The Balaban J connectivity index is 1.67. The third kappa shape index (κ3) is 6.46. The van der Waals surface area contributed by atoms with Crippen LogP contribution in [0.1, 0.15) is 64.4 Å². The van der Waals surface area contributed by atoms with Gasteiger partial charge in [-0.3, -0.25) is 19.5 Å². The van der Waals surface area contributed by atoms with Crippen LogP contribution < -0.4 is 19.1 Å². The second-order valence-electron chi connectivity index (χ2n) is 10.7. The fourth-order valence-electron chi connectivity index (χ4n) is 6.00. The Kier molecular flexibility index (Phi) is 9.67. The van der Waals surface area contributed by atoms with Crippen LogP contribution in [0.4, 0.5) is 5.69 Å². The lowest BCUT2D eigenvalue weighted by atomic mass is 9.81. The van der Waals surface area contributed by atoms with Crippen LogP contribution >= 0.6 is 0 Å². The van der Waals surface area contributed by atoms with Crippen molar-refractivity contribution in [2.45, 2.75) is 64.8 Å². The van der Waals surface area contributed by atoms with Gasteiger partial charge in [-0.15, -0.1) is 0 Å². The molecule has 4 atom stereocenters. The van der Waals surface area contributed by atoms with Crippen molar-refractivity contribution in [3.8, 4) is 17.2 Å². The number of carbonyl (C=O) groups excluding carboxylic acids is 1. The highest BCUT2D eigenvalue weighted by Crippen LogP contribution is 2.47. The highest BCUT2D eigenvalue weighted by molar-refractivity contribution is 5.94. The number of nitrogens with zero attached hydrogens (tertiary/aromatic N) is 3. The number of carboxylic acids is 1. The summed E-state index contributed by atoms with van der Waals surface area (Å²) in [5.74, 6) is 0.0455. The molecule has 1 aromatic heterocycles. The Morgan fingerprint density at radius 2 is 2.08 bits per heavy atom. The molecule has 1 N–H and O–H groups in total. The number of unbranched alkanes of at least 4 members (excludes halogenated alkanes) is 1. The second kappa shape index (κ2) is 13.2. The Bertz CT molecular complexity index is 1130. The quantitative estimate of drug-likeness (QED) is 0.382. The minimum absolute atomic E-state index is 0.0438. The fraction of sp³-hybridized carbons (Fsp3) is 0.567. The third-order valence-corrected chi connectivity index (χ3v) is 7.90. The average molecular weight is 540 g/mol. The number of methoxy groups -OCH3 is 1. The summed E-state index contributed by atoms with van der Waals surface area (Å²) in [5, 5.41) is 10.5. The maximum absolute atomic E-state index is 13.8. The summed E-state index contributed by atoms with van der Waals surface area (Å²) in [6, 6.07) is 7.17. The summed E-state index contributed by atoms with van der Waals surface area (Å²) in [7, 11) is 1.56. The first kappa shape index (κ1) is 28.7. The maximum Gasteiger partial charge on any atom is 0.308 e. The third-order valence-electron chi connectivity index (χ3n) is 7.90. The Morgan fingerprint density at radius 3 is 2.74 bits per heavy atom. The fourth-order valence-corrected chi connectivity index (χ4v) is 6.00. The number of aromatic nitrogens is 1. The second-order valence-corrected chi connectivity index (χ2v) is 10.7. The molecule has 9 nitrogen and oxygen atoms in total. The first-order valence-corrected chi connectivity index (χ1v) is 14.0. The van der Waals surface area contributed by atoms with E-state index >= 15 is 0 Å². The Hall–Kier alpha value is -3.33. The summed E-state index contributed by atoms with van der Waals surface area (Å²) < 4.78 is 16.8. The summed E-state index contributed by atoms with van der Waals surface area (Å²) in [6.07, 6.45) is 7.97. The highest BCUT2D eigenvalue weighted by atomic mass is 16.7. The number of carboxylic acid groups (broad SMARTS) is 1. The van der Waals surface area contributed by atoms with Gasteiger partial charge in [-0.25, -0.2) is 0 Å². The van der Waals surface area contributed by atoms with Gasteiger partial charge in [0.1, 0.15) is 0 Å². The molecular formula is C30H41N3O6. The van der Waals surface area contributed by atoms with E-state index in [1.807, 2.05) is 24.3 Å². The van der Waals surface area contributed by atoms with Crippen molar-refractivity contribution in [2.24, 2.45) is 11.8 Å². The van der Waals surface area contributed by atoms with E-state index < -0.39 is 11.9 Å². The van der Waals surface area contributed by atoms with Gasteiger partial charge in [0.05, 0.1) is 31.5 Å². The normalized spacial score (nSPS) is 21.1. The van der Waals surface area contributed by atoms with Gasteiger partial charge in [-0.2, -0.15) is 0 Å². The van der Waals surface area contributed by atoms with Crippen molar-refractivity contribution in [2.75, 3.05) is 38.4 Å². The Morgan fingerprint density at radius 1 is 1.26 bits per heavy atom. The van der Waals surface area contributed by atoms with E-state index in [2.05, 4.69) is 30.7 Å². The van der Waals surface area contributed by atoms with E-state index in [4.69, 9.17) is 14.2 Å². The minimum atomic E-state index is -0.852. The van der Waals surface area contributed by atoms with Gasteiger partial charge in [0.25, 0.3) is 0 Å². The highest BCUT2D eigenvalue weighted by Gasteiger charge is 2.48. The molecule has 3 heterocycles. The molecule has 1 aromatic carbocycles. The zero-order valence-electron chi connectivity index (χ0n) is 23.5. The molecule has 1 saturated heterocycles. The summed E-state index contributed by atoms with van der Waals surface area (Å²) in [5.41, 5.74) is 1.58. The first-order chi connectivity index (χ1) is 18.9. The number of hydrogen-bond donors (Lipinski definition) is 1. The first-order valence-electron chi connectivity index (χ1n) is 14.0. The van der Waals surface area contributed by atoms with Crippen LogP contribution in [-0.2, 0) is 9.59 Å². The predicted octanol–water partition coefficient (Wildman–Crippen LogP) is 4.95. The number of amides is 1. The molecule has 0 spiro atoms. The zero-order valence-corrected chi connectivity index (χ0v) is 23.5. The van der Waals surface area contributed by atoms with Crippen molar-refractivity contribution in [3.05, 3.63) is 42.2 Å². The van der Waals surface area contributed by atoms with Crippen molar-refractivity contribution >= 4 is 17.6 Å². The van der Waals surface area contributed by atoms with E-state index in [9.17, 15) is 14.7 Å². The van der Waals surface area contributed by atoms with Crippen molar-refractivity contribution in [1.29, 1.82) is 0 Å². The largest absolute Gasteiger partial charge is 0.493 e. The number of anilines is 1. The van der Waals surface area contributed by atoms with Crippen molar-refractivity contribution in [1.82, 2.24) is 9.88 Å². The number of benzene rings is 1. The maximum atomic E-state index is 13.8. The van der Waals surface area contributed by atoms with Crippen molar-refractivity contribution in [3.63, 3.8) is 0 Å². The van der Waals surface area contributed by atoms with Gasteiger partial charge >= 0.3 is 5.97 Å². The molecule has 4 rings (SSSR count). The molecule has 9 heteroatoms. The number of carbonyl (C=O) groups is 2. The number of ether oxygens (including phenoxy) is 3. The van der Waals surface area contributed by atoms with Gasteiger partial charge < -0.3 is 24.2 Å². The SMILES string of the molecule is CCCCN(C(=O)CN1C[C@H](c2cc(OC)c3c(c2)OCO3)C(C(=O)O)[C@@H]1CC(C)CCC)c1cccnc1. The van der Waals surface area contributed by atoms with Gasteiger partial charge in [0.15, 0.2) is 11.5 Å². The molecule has 0 aliphatic carbocycles. The number of pyridine rings is 1. The number of aliphatic carboxylic acids is 1. The lowest BCUT2D eigenvalue weighted by Crippen LogP contribution is -2.45. The monoisotopic (exact) mass is 539 g/mol. The van der Waals surface area contributed by atoms with Gasteiger partial charge in [0, 0.05) is 31.2 Å². The molecule has 0 radical (unpaired) electrons. The van der Waals surface area contributed by atoms with E-state index in [1.54, 1.807) is 24.4 Å². The van der Waals surface area contributed by atoms with Crippen LogP contribution in [0.5, 0.6) is 17.2 Å². The molecule has 2 aliphatic heterocycles. The average Bonchev–Trinajstić information content (AvgIpc) is 3.54. The molecule has 2 unspecified atom stereocenters. The van der Waals surface area contributed by atoms with Crippen LogP contribution in [0.15, 0.2) is 36.7 Å². The number of fused-ring (bicyclic) bond motifs is 1. The van der Waals surface area contributed by atoms with Gasteiger partial charge in [-0.1, -0.05) is 40.0 Å². The standard InChI is InChI=1S/C30H41N3O6/c1-5-7-12-33(22-10-8-11-31-16-22)27(34)18-32-17-23(28(30(35)36)24(32)13-20(3)9-6-2)21-14-25(37-4)29-26(15-21)38-19-39-29/h8,10-11,14-16,20,23-24,28H,5-7,9,12-13,17-19H2,1-4H3,(H,35,36)/t20?,23-,24+,28?/m1/s1. The molecule has 1 amide bonds. The molecule has 0 saturated carbocycles. The lowest BCUT2D eigenvalue weighted by molar-refractivity contribution is -0.143. The van der Waals surface area contributed by atoms with E-state index in [1.165, 1.54) is 0 Å². The number of hydrogen-bond acceptors (Lipinski definition) is 7. The van der Waals surface area contributed by atoms with E-state index in [-0.39, 0.29) is 31.2 Å². The Labute approximate surface area is 231 Å². The zero-order chi connectivity index (χ0) is 27.9. The smallest absolute Gasteiger partial charge is 0.308 e.